The maximum atomic E-state index is 10.7. The first-order valence-electron chi connectivity index (χ1n) is 13.8. The molecule has 1 fully saturated rings. The second-order valence-electron chi connectivity index (χ2n) is 10.1. The number of carbonyl (C=O) groups is 2. The zero-order valence-corrected chi connectivity index (χ0v) is 23.6. The quantitative estimate of drug-likeness (QED) is 0.0941. The number of aliphatic hydroxyl groups excluding tert-OH is 1. The average molecular weight is 568 g/mol. The van der Waals surface area contributed by atoms with Crippen molar-refractivity contribution >= 4 is 45.6 Å². The second kappa shape index (κ2) is 15.8. The number of fused-ring (bicyclic) bond motifs is 2. The van der Waals surface area contributed by atoms with Crippen LogP contribution in [0.3, 0.4) is 0 Å². The molecule has 0 atom stereocenters. The van der Waals surface area contributed by atoms with Crippen molar-refractivity contribution in [1.29, 1.82) is 0 Å². The number of carboxylic acids is 2. The topological polar surface area (TPSA) is 141 Å². The van der Waals surface area contributed by atoms with Gasteiger partial charge in [-0.25, -0.2) is 9.59 Å². The second-order valence-corrected chi connectivity index (χ2v) is 10.1. The minimum atomic E-state index is -0.960. The van der Waals surface area contributed by atoms with E-state index in [1.165, 1.54) is 37.8 Å². The Balaban J connectivity index is 0.000000180. The standard InChI is InChI=1S/C15H12O3.C11H8O3.C9H17N/c16-8-7-12-2-5-13-9-11(3-6-15(17)18)1-4-14(13)10-12;12-10-4-3-7-5-9(11(13)14)2-1-8(7)6-10;1-2-3-8-4-6-9(10)7-5-8/h1-10,16H,(H,17,18);1-6,12H,(H,13,14);2-3,8-9H,4-7,10H2,1H3/b6-3+,8-7+;;3-2+. The Bertz CT molecular complexity index is 1600. The molecule has 0 amide bonds. The van der Waals surface area contributed by atoms with Crippen LogP contribution in [-0.4, -0.2) is 38.4 Å². The number of hydrogen-bond acceptors (Lipinski definition) is 5. The molecule has 0 unspecified atom stereocenters. The van der Waals surface area contributed by atoms with Crippen LogP contribution >= 0.6 is 0 Å². The number of aliphatic carboxylic acids is 1. The number of carboxylic acid groups (broad SMARTS) is 2. The molecule has 1 aliphatic rings. The molecule has 42 heavy (non-hydrogen) atoms. The summed E-state index contributed by atoms with van der Waals surface area (Å²) in [6.07, 6.45) is 14.8. The van der Waals surface area contributed by atoms with Crippen molar-refractivity contribution in [2.24, 2.45) is 11.7 Å². The van der Waals surface area contributed by atoms with Gasteiger partial charge in [0, 0.05) is 12.1 Å². The van der Waals surface area contributed by atoms with Crippen LogP contribution in [0.1, 0.15) is 54.1 Å². The number of hydrogen-bond donors (Lipinski definition) is 5. The van der Waals surface area contributed by atoms with Crippen molar-refractivity contribution < 1.29 is 30.0 Å². The highest BCUT2D eigenvalue weighted by Gasteiger charge is 2.15. The Labute approximate surface area is 245 Å². The molecule has 1 aliphatic carbocycles. The van der Waals surface area contributed by atoms with Gasteiger partial charge in [0.2, 0.25) is 0 Å². The molecule has 5 rings (SSSR count). The summed E-state index contributed by atoms with van der Waals surface area (Å²) in [4.78, 5) is 21.1. The molecule has 0 aliphatic heterocycles. The highest BCUT2D eigenvalue weighted by atomic mass is 16.4. The van der Waals surface area contributed by atoms with Crippen LogP contribution in [0, 0.1) is 5.92 Å². The number of phenolic OH excluding ortho intramolecular Hbond substituents is 1. The summed E-state index contributed by atoms with van der Waals surface area (Å²) in [6.45, 7) is 2.09. The third-order valence-electron chi connectivity index (χ3n) is 6.93. The highest BCUT2D eigenvalue weighted by Crippen LogP contribution is 2.24. The lowest BCUT2D eigenvalue weighted by molar-refractivity contribution is -0.131. The molecule has 0 bridgehead atoms. The number of nitrogens with two attached hydrogens (primary N) is 1. The fraction of sp³-hybridized carbons (Fsp3) is 0.200. The van der Waals surface area contributed by atoms with Crippen LogP contribution in [0.5, 0.6) is 5.75 Å². The van der Waals surface area contributed by atoms with E-state index in [-0.39, 0.29) is 11.3 Å². The molecule has 6 N–H and O–H groups in total. The maximum Gasteiger partial charge on any atom is 0.335 e. The molecule has 0 radical (unpaired) electrons. The first-order chi connectivity index (χ1) is 20.2. The largest absolute Gasteiger partial charge is 0.516 e. The first kappa shape index (κ1) is 31.6. The summed E-state index contributed by atoms with van der Waals surface area (Å²) in [5.41, 5.74) is 7.78. The summed E-state index contributed by atoms with van der Waals surface area (Å²) in [5, 5.41) is 38.9. The fourth-order valence-corrected chi connectivity index (χ4v) is 4.72. The fourth-order valence-electron chi connectivity index (χ4n) is 4.72. The summed E-state index contributed by atoms with van der Waals surface area (Å²) in [6, 6.07) is 21.6. The van der Waals surface area contributed by atoms with Crippen LogP contribution in [0.15, 0.2) is 97.3 Å². The molecule has 0 heterocycles. The molecule has 0 saturated heterocycles. The Kier molecular flexibility index (Phi) is 11.9. The predicted octanol–water partition coefficient (Wildman–Crippen LogP) is 7.79. The lowest BCUT2D eigenvalue weighted by Gasteiger charge is -2.23. The molecular weight excluding hydrogens is 530 g/mol. The Morgan fingerprint density at radius 1 is 0.762 bits per heavy atom. The minimum absolute atomic E-state index is 0.181. The van der Waals surface area contributed by atoms with E-state index in [1.807, 2.05) is 36.4 Å². The van der Waals surface area contributed by atoms with Gasteiger partial charge in [-0.3, -0.25) is 0 Å². The molecule has 7 heteroatoms. The van der Waals surface area contributed by atoms with Crippen molar-refractivity contribution in [1.82, 2.24) is 0 Å². The van der Waals surface area contributed by atoms with E-state index in [0.29, 0.717) is 6.04 Å². The van der Waals surface area contributed by atoms with Crippen LogP contribution in [0.4, 0.5) is 0 Å². The van der Waals surface area contributed by atoms with Gasteiger partial charge in [-0.1, -0.05) is 48.6 Å². The van der Waals surface area contributed by atoms with Crippen LogP contribution in [0.2, 0.25) is 0 Å². The summed E-state index contributed by atoms with van der Waals surface area (Å²) in [7, 11) is 0. The SMILES string of the molecule is C/C=C/C1CCC(N)CC1.O=C(O)/C=C/c1ccc2cc(/C=C/O)ccc2c1.O=C(O)c1ccc2cc(O)ccc2c1. The Hall–Kier alpha value is -4.88. The van der Waals surface area contributed by atoms with Gasteiger partial charge >= 0.3 is 11.9 Å². The van der Waals surface area contributed by atoms with Crippen molar-refractivity contribution in [3.8, 4) is 5.75 Å². The molecular formula is C35H37NO6. The maximum absolute atomic E-state index is 10.7. The number of benzene rings is 4. The monoisotopic (exact) mass is 567 g/mol. The molecule has 218 valence electrons. The van der Waals surface area contributed by atoms with Crippen LogP contribution < -0.4 is 5.73 Å². The number of allylic oxidation sites excluding steroid dienone is 2. The van der Waals surface area contributed by atoms with Crippen LogP contribution in [0.25, 0.3) is 33.7 Å². The lowest BCUT2D eigenvalue weighted by atomic mass is 9.86. The van der Waals surface area contributed by atoms with Gasteiger partial charge in [-0.05, 0) is 120 Å². The average Bonchev–Trinajstić information content (AvgIpc) is 2.98. The zero-order valence-electron chi connectivity index (χ0n) is 23.6. The van der Waals surface area contributed by atoms with Gasteiger partial charge in [0.15, 0.2) is 0 Å². The zero-order chi connectivity index (χ0) is 30.5. The molecule has 4 aromatic rings. The predicted molar refractivity (Wildman–Crippen MR) is 170 cm³/mol. The number of phenols is 1. The molecule has 0 spiro atoms. The van der Waals surface area contributed by atoms with Gasteiger partial charge in [0.1, 0.15) is 5.75 Å². The summed E-state index contributed by atoms with van der Waals surface area (Å²) < 4.78 is 0. The Morgan fingerprint density at radius 2 is 1.31 bits per heavy atom. The van der Waals surface area contributed by atoms with Gasteiger partial charge in [-0.15, -0.1) is 0 Å². The van der Waals surface area contributed by atoms with Gasteiger partial charge in [-0.2, -0.15) is 0 Å². The van der Waals surface area contributed by atoms with Crippen molar-refractivity contribution in [2.45, 2.75) is 38.6 Å². The molecule has 1 saturated carbocycles. The number of rotatable bonds is 5. The minimum Gasteiger partial charge on any atom is -0.516 e. The van der Waals surface area contributed by atoms with E-state index in [0.717, 1.165) is 50.9 Å². The van der Waals surface area contributed by atoms with Gasteiger partial charge in [0.25, 0.3) is 0 Å². The van der Waals surface area contributed by atoms with E-state index in [9.17, 15) is 14.7 Å². The number of aromatic hydroxyl groups is 1. The van der Waals surface area contributed by atoms with Crippen molar-refractivity contribution in [3.63, 3.8) is 0 Å². The van der Waals surface area contributed by atoms with Gasteiger partial charge < -0.3 is 26.2 Å². The smallest absolute Gasteiger partial charge is 0.335 e. The third-order valence-corrected chi connectivity index (χ3v) is 6.93. The van der Waals surface area contributed by atoms with E-state index < -0.39 is 11.9 Å². The van der Waals surface area contributed by atoms with Crippen molar-refractivity contribution in [3.05, 3.63) is 114 Å². The lowest BCUT2D eigenvalue weighted by Crippen LogP contribution is -2.25. The molecule has 0 aromatic heterocycles. The van der Waals surface area contributed by atoms with E-state index in [1.54, 1.807) is 36.4 Å². The summed E-state index contributed by atoms with van der Waals surface area (Å²) >= 11 is 0. The van der Waals surface area contributed by atoms with E-state index >= 15 is 0 Å². The van der Waals surface area contributed by atoms with E-state index in [2.05, 4.69) is 19.1 Å². The van der Waals surface area contributed by atoms with Crippen LogP contribution in [-0.2, 0) is 4.79 Å². The summed E-state index contributed by atoms with van der Waals surface area (Å²) in [5.74, 6) is -0.899. The Morgan fingerprint density at radius 3 is 1.88 bits per heavy atom. The first-order valence-corrected chi connectivity index (χ1v) is 13.8. The normalized spacial score (nSPS) is 16.7. The van der Waals surface area contributed by atoms with E-state index in [4.69, 9.17) is 21.1 Å². The van der Waals surface area contributed by atoms with Crippen molar-refractivity contribution in [2.75, 3.05) is 0 Å². The molecule has 7 nitrogen and oxygen atoms in total. The number of aromatic carboxylic acids is 1. The highest BCUT2D eigenvalue weighted by molar-refractivity contribution is 5.94. The number of aliphatic hydroxyl groups is 1. The van der Waals surface area contributed by atoms with Gasteiger partial charge in [0.05, 0.1) is 11.8 Å². The molecule has 4 aromatic carbocycles. The third kappa shape index (κ3) is 9.94.